The lowest BCUT2D eigenvalue weighted by atomic mass is 9.91. The maximum atomic E-state index is 12.9. The first-order valence-corrected chi connectivity index (χ1v) is 10.2. The maximum Gasteiger partial charge on any atom is 0.417 e. The predicted octanol–water partition coefficient (Wildman–Crippen LogP) is 4.62. The summed E-state index contributed by atoms with van der Waals surface area (Å²) < 4.78 is 43.7. The summed E-state index contributed by atoms with van der Waals surface area (Å²) >= 11 is 0. The van der Waals surface area contributed by atoms with Gasteiger partial charge in [-0.1, -0.05) is 12.2 Å². The molecule has 2 aromatic rings. The van der Waals surface area contributed by atoms with E-state index < -0.39 is 17.5 Å². The van der Waals surface area contributed by atoms with Crippen LogP contribution in [0.1, 0.15) is 32.6 Å². The summed E-state index contributed by atoms with van der Waals surface area (Å²) in [5.41, 5.74) is 0.860. The van der Waals surface area contributed by atoms with Crippen LogP contribution in [0, 0.1) is 5.92 Å². The van der Waals surface area contributed by atoms with Gasteiger partial charge in [-0.25, -0.2) is 4.79 Å². The van der Waals surface area contributed by atoms with Crippen molar-refractivity contribution < 1.29 is 22.4 Å². The largest absolute Gasteiger partial charge is 0.417 e. The molecule has 168 valence electrons. The maximum absolute atomic E-state index is 12.9. The van der Waals surface area contributed by atoms with E-state index in [-0.39, 0.29) is 17.9 Å². The van der Waals surface area contributed by atoms with Crippen molar-refractivity contribution in [3.8, 4) is 0 Å². The molecule has 1 aliphatic heterocycles. The highest BCUT2D eigenvalue weighted by Gasteiger charge is 2.32. The molecule has 2 heterocycles. The second kappa shape index (κ2) is 9.55. The van der Waals surface area contributed by atoms with Gasteiger partial charge in [-0.15, -0.1) is 6.58 Å². The SMILES string of the molecule is C=CCC(/C=C(\C)C(F)(F)F)N1CCC(CC(=O)Nc2ccc3[nH]c(=O)oc3c2)CC1. The van der Waals surface area contributed by atoms with Crippen LogP contribution in [0.25, 0.3) is 11.1 Å². The van der Waals surface area contributed by atoms with Crippen molar-refractivity contribution in [3.05, 3.63) is 53.1 Å². The fourth-order valence-electron chi connectivity index (χ4n) is 3.86. The van der Waals surface area contributed by atoms with E-state index in [2.05, 4.69) is 16.9 Å². The molecule has 1 aromatic carbocycles. The number of H-pyrrole nitrogens is 1. The van der Waals surface area contributed by atoms with Crippen molar-refractivity contribution in [2.24, 2.45) is 5.92 Å². The van der Waals surface area contributed by atoms with Crippen molar-refractivity contribution in [2.75, 3.05) is 18.4 Å². The zero-order valence-corrected chi connectivity index (χ0v) is 17.3. The van der Waals surface area contributed by atoms with Crippen molar-refractivity contribution >= 4 is 22.7 Å². The third-order valence-corrected chi connectivity index (χ3v) is 5.59. The molecule has 1 atom stereocenters. The monoisotopic (exact) mass is 437 g/mol. The molecule has 3 rings (SSSR count). The number of nitrogens with one attached hydrogen (secondary N) is 2. The fraction of sp³-hybridized carbons (Fsp3) is 0.455. The number of amides is 1. The Morgan fingerprint density at radius 2 is 2.10 bits per heavy atom. The summed E-state index contributed by atoms with van der Waals surface area (Å²) in [5.74, 6) is -0.548. The van der Waals surface area contributed by atoms with Crippen LogP contribution >= 0.6 is 0 Å². The molecular weight excluding hydrogens is 411 g/mol. The summed E-state index contributed by atoms with van der Waals surface area (Å²) in [6, 6.07) is 4.58. The van der Waals surface area contributed by atoms with Crippen molar-refractivity contribution in [1.82, 2.24) is 9.88 Å². The third-order valence-electron chi connectivity index (χ3n) is 5.59. The Morgan fingerprint density at radius 1 is 1.39 bits per heavy atom. The zero-order valence-electron chi connectivity index (χ0n) is 17.3. The number of aromatic amines is 1. The molecule has 31 heavy (non-hydrogen) atoms. The lowest BCUT2D eigenvalue weighted by molar-refractivity contribution is -0.117. The molecule has 1 aliphatic rings. The number of carbonyl (C=O) groups is 1. The zero-order chi connectivity index (χ0) is 22.6. The van der Waals surface area contributed by atoms with Crippen LogP contribution in [-0.4, -0.2) is 41.1 Å². The Balaban J connectivity index is 1.53. The van der Waals surface area contributed by atoms with Crippen LogP contribution in [0.3, 0.4) is 0 Å². The smallest absolute Gasteiger partial charge is 0.408 e. The molecule has 0 aliphatic carbocycles. The van der Waals surface area contributed by atoms with Gasteiger partial charge in [0, 0.05) is 29.8 Å². The number of nitrogens with zero attached hydrogens (tertiary/aromatic N) is 1. The van der Waals surface area contributed by atoms with Crippen LogP contribution in [0.5, 0.6) is 0 Å². The Morgan fingerprint density at radius 3 is 2.74 bits per heavy atom. The standard InChI is InChI=1S/C22H26F3N3O3/c1-3-4-17(11-14(2)22(23,24)25)28-9-7-15(8-10-28)12-20(29)26-16-5-6-18-19(13-16)31-21(30)27-18/h3,5-6,11,13,15,17H,1,4,7-10,12H2,2H3,(H,26,29)(H,27,30)/b14-11+. The van der Waals surface area contributed by atoms with Gasteiger partial charge in [-0.05, 0) is 57.3 Å². The molecule has 9 heteroatoms. The van der Waals surface area contributed by atoms with Gasteiger partial charge in [0.1, 0.15) is 0 Å². The molecule has 1 unspecified atom stereocenters. The Hall–Kier alpha value is -2.81. The number of alkyl halides is 3. The van der Waals surface area contributed by atoms with E-state index in [1.165, 1.54) is 6.08 Å². The molecule has 0 saturated carbocycles. The second-order valence-electron chi connectivity index (χ2n) is 7.90. The van der Waals surface area contributed by atoms with E-state index >= 15 is 0 Å². The number of piperidine rings is 1. The summed E-state index contributed by atoms with van der Waals surface area (Å²) in [7, 11) is 0. The number of hydrogen-bond donors (Lipinski definition) is 2. The highest BCUT2D eigenvalue weighted by molar-refractivity contribution is 5.92. The summed E-state index contributed by atoms with van der Waals surface area (Å²) in [5, 5.41) is 2.81. The lowest BCUT2D eigenvalue weighted by Gasteiger charge is -2.36. The Bertz CT molecular complexity index is 1010. The number of anilines is 1. The van der Waals surface area contributed by atoms with Gasteiger partial charge < -0.3 is 9.73 Å². The van der Waals surface area contributed by atoms with Crippen LogP contribution in [0.2, 0.25) is 0 Å². The minimum atomic E-state index is -4.33. The molecule has 1 aromatic heterocycles. The van der Waals surface area contributed by atoms with Crippen LogP contribution < -0.4 is 11.1 Å². The first-order valence-electron chi connectivity index (χ1n) is 10.2. The molecule has 2 N–H and O–H groups in total. The minimum Gasteiger partial charge on any atom is -0.408 e. The van der Waals surface area contributed by atoms with Gasteiger partial charge in [0.05, 0.1) is 5.52 Å². The number of benzene rings is 1. The second-order valence-corrected chi connectivity index (χ2v) is 7.90. The van der Waals surface area contributed by atoms with E-state index in [9.17, 15) is 22.8 Å². The first-order chi connectivity index (χ1) is 14.7. The number of allylic oxidation sites excluding steroid dienone is 1. The van der Waals surface area contributed by atoms with Gasteiger partial charge in [-0.2, -0.15) is 13.2 Å². The molecule has 0 spiro atoms. The van der Waals surface area contributed by atoms with E-state index in [0.717, 1.165) is 19.8 Å². The minimum absolute atomic E-state index is 0.147. The first kappa shape index (κ1) is 22.9. The third kappa shape index (κ3) is 6.10. The summed E-state index contributed by atoms with van der Waals surface area (Å²) in [6.07, 6.45) is 0.792. The van der Waals surface area contributed by atoms with Crippen molar-refractivity contribution in [1.29, 1.82) is 0 Å². The lowest BCUT2D eigenvalue weighted by Crippen LogP contribution is -2.41. The van der Waals surface area contributed by atoms with Crippen LogP contribution in [0.4, 0.5) is 18.9 Å². The molecule has 1 amide bonds. The number of halogens is 3. The van der Waals surface area contributed by atoms with Gasteiger partial charge in [0.15, 0.2) is 5.58 Å². The highest BCUT2D eigenvalue weighted by Crippen LogP contribution is 2.29. The van der Waals surface area contributed by atoms with Crippen molar-refractivity contribution in [2.45, 2.75) is 44.8 Å². The Kier molecular flexibility index (Phi) is 7.04. The fourth-order valence-corrected chi connectivity index (χ4v) is 3.86. The van der Waals surface area contributed by atoms with Gasteiger partial charge >= 0.3 is 11.9 Å². The van der Waals surface area contributed by atoms with Gasteiger partial charge in [0.2, 0.25) is 5.91 Å². The normalized spacial score (nSPS) is 17.6. The van der Waals surface area contributed by atoms with E-state index in [1.54, 1.807) is 24.3 Å². The quantitative estimate of drug-likeness (QED) is 0.620. The van der Waals surface area contributed by atoms with Crippen LogP contribution in [-0.2, 0) is 4.79 Å². The molecule has 6 nitrogen and oxygen atoms in total. The van der Waals surface area contributed by atoms with E-state index in [1.807, 2.05) is 4.90 Å². The number of likely N-dealkylation sites (tertiary alicyclic amines) is 1. The molecule has 0 bridgehead atoms. The van der Waals surface area contributed by atoms with Gasteiger partial charge in [0.25, 0.3) is 0 Å². The topological polar surface area (TPSA) is 78.3 Å². The summed E-state index contributed by atoms with van der Waals surface area (Å²) in [6.45, 7) is 6.00. The molecule has 1 fully saturated rings. The van der Waals surface area contributed by atoms with E-state index in [4.69, 9.17) is 4.42 Å². The van der Waals surface area contributed by atoms with Crippen LogP contribution in [0.15, 0.2) is 51.7 Å². The number of oxazole rings is 1. The average Bonchev–Trinajstić information content (AvgIpc) is 3.06. The number of aromatic nitrogens is 1. The van der Waals surface area contributed by atoms with E-state index in [0.29, 0.717) is 42.7 Å². The van der Waals surface area contributed by atoms with Gasteiger partial charge in [-0.3, -0.25) is 14.7 Å². The predicted molar refractivity (Wildman–Crippen MR) is 113 cm³/mol. The number of hydrogen-bond acceptors (Lipinski definition) is 4. The summed E-state index contributed by atoms with van der Waals surface area (Å²) in [4.78, 5) is 28.2. The number of rotatable bonds is 7. The molecule has 0 radical (unpaired) electrons. The molecular formula is C22H26F3N3O3. The number of carbonyl (C=O) groups excluding carboxylic acids is 1. The highest BCUT2D eigenvalue weighted by atomic mass is 19.4. The van der Waals surface area contributed by atoms with Crippen molar-refractivity contribution in [3.63, 3.8) is 0 Å². The Labute approximate surface area is 177 Å². The molecule has 1 saturated heterocycles. The number of fused-ring (bicyclic) bond motifs is 1. The average molecular weight is 437 g/mol.